The van der Waals surface area contributed by atoms with Gasteiger partial charge in [0.15, 0.2) is 5.22 Å². The largest absolute Gasteiger partial charge is 0.448 e. The van der Waals surface area contributed by atoms with E-state index in [0.29, 0.717) is 5.76 Å². The Balaban J connectivity index is 2.55. The van der Waals surface area contributed by atoms with Crippen molar-refractivity contribution in [1.29, 1.82) is 0 Å². The van der Waals surface area contributed by atoms with Gasteiger partial charge in [0, 0.05) is 5.56 Å². The van der Waals surface area contributed by atoms with Crippen molar-refractivity contribution in [1.82, 2.24) is 5.32 Å². The number of furan rings is 1. The van der Waals surface area contributed by atoms with Crippen LogP contribution in [0.2, 0.25) is 5.22 Å². The molecule has 96 valence electrons. The summed E-state index contributed by atoms with van der Waals surface area (Å²) in [6.45, 7) is 0. The Kier molecular flexibility index (Phi) is 4.04. The van der Waals surface area contributed by atoms with Crippen molar-refractivity contribution in [3.63, 3.8) is 0 Å². The van der Waals surface area contributed by atoms with E-state index < -0.39 is 17.7 Å². The van der Waals surface area contributed by atoms with E-state index >= 15 is 0 Å². The van der Waals surface area contributed by atoms with Crippen LogP contribution in [-0.2, 0) is 0 Å². The first-order chi connectivity index (χ1) is 8.54. The van der Waals surface area contributed by atoms with Crippen LogP contribution in [-0.4, -0.2) is 7.05 Å². The number of nitrogens with one attached hydrogen (secondary N) is 1. The third-order valence-electron chi connectivity index (χ3n) is 2.54. The fourth-order valence-electron chi connectivity index (χ4n) is 1.72. The molecule has 0 saturated carbocycles. The third-order valence-corrected chi connectivity index (χ3v) is 3.35. The summed E-state index contributed by atoms with van der Waals surface area (Å²) in [6, 6.07) is 4.86. The molecule has 0 radical (unpaired) electrons. The van der Waals surface area contributed by atoms with E-state index in [1.807, 2.05) is 0 Å². The Morgan fingerprint density at radius 1 is 1.28 bits per heavy atom. The molecule has 0 amide bonds. The van der Waals surface area contributed by atoms with Crippen LogP contribution < -0.4 is 5.32 Å². The highest BCUT2D eigenvalue weighted by molar-refractivity contribution is 9.10. The molecule has 1 atom stereocenters. The van der Waals surface area contributed by atoms with Gasteiger partial charge in [-0.15, -0.1) is 0 Å². The van der Waals surface area contributed by atoms with E-state index in [0.717, 1.165) is 0 Å². The zero-order chi connectivity index (χ0) is 13.3. The molecule has 2 rings (SSSR count). The molecule has 6 heteroatoms. The standard InChI is InChI=1S/C12H9BrClF2NO/c1-17-12(8-4-5-9(14)18-8)10-7(15)3-2-6(13)11(10)16/h2-5,12,17H,1H3. The molecule has 1 aromatic carbocycles. The van der Waals surface area contributed by atoms with Gasteiger partial charge in [-0.3, -0.25) is 0 Å². The van der Waals surface area contributed by atoms with Crippen LogP contribution in [0.3, 0.4) is 0 Å². The Labute approximate surface area is 116 Å². The monoisotopic (exact) mass is 335 g/mol. The highest BCUT2D eigenvalue weighted by Crippen LogP contribution is 2.32. The summed E-state index contributed by atoms with van der Waals surface area (Å²) in [5.74, 6) is -0.970. The van der Waals surface area contributed by atoms with Crippen molar-refractivity contribution in [2.24, 2.45) is 0 Å². The van der Waals surface area contributed by atoms with Crippen molar-refractivity contribution in [2.45, 2.75) is 6.04 Å². The lowest BCUT2D eigenvalue weighted by atomic mass is 10.0. The maximum Gasteiger partial charge on any atom is 0.193 e. The summed E-state index contributed by atoms with van der Waals surface area (Å²) >= 11 is 8.70. The SMILES string of the molecule is CNC(c1ccc(Cl)o1)c1c(F)ccc(Br)c1F. The third kappa shape index (κ3) is 2.43. The van der Waals surface area contributed by atoms with E-state index in [-0.39, 0.29) is 15.3 Å². The second kappa shape index (κ2) is 5.38. The number of hydrogen-bond acceptors (Lipinski definition) is 2. The molecule has 18 heavy (non-hydrogen) atoms. The normalized spacial score (nSPS) is 12.7. The molecule has 1 unspecified atom stereocenters. The van der Waals surface area contributed by atoms with Gasteiger partial charge in [0.1, 0.15) is 17.4 Å². The highest BCUT2D eigenvalue weighted by atomic mass is 79.9. The lowest BCUT2D eigenvalue weighted by Gasteiger charge is -2.16. The van der Waals surface area contributed by atoms with Gasteiger partial charge in [-0.1, -0.05) is 0 Å². The van der Waals surface area contributed by atoms with Gasteiger partial charge in [0.25, 0.3) is 0 Å². The van der Waals surface area contributed by atoms with Crippen LogP contribution in [0.15, 0.2) is 33.2 Å². The van der Waals surface area contributed by atoms with E-state index in [1.165, 1.54) is 18.2 Å². The minimum Gasteiger partial charge on any atom is -0.448 e. The average Bonchev–Trinajstić information content (AvgIpc) is 2.76. The molecular weight excluding hydrogens is 327 g/mol. The minimum absolute atomic E-state index is 0.113. The number of hydrogen-bond donors (Lipinski definition) is 1. The summed E-state index contributed by atoms with van der Waals surface area (Å²) < 4.78 is 33.2. The summed E-state index contributed by atoms with van der Waals surface area (Å²) in [7, 11) is 1.58. The maximum atomic E-state index is 14.0. The topological polar surface area (TPSA) is 25.2 Å². The second-order valence-electron chi connectivity index (χ2n) is 3.62. The maximum absolute atomic E-state index is 14.0. The zero-order valence-electron chi connectivity index (χ0n) is 9.31. The molecule has 0 fully saturated rings. The molecule has 1 N–H and O–H groups in total. The fraction of sp³-hybridized carbons (Fsp3) is 0.167. The van der Waals surface area contributed by atoms with Crippen LogP contribution in [0.25, 0.3) is 0 Å². The molecule has 0 aliphatic heterocycles. The van der Waals surface area contributed by atoms with Crippen LogP contribution >= 0.6 is 27.5 Å². The van der Waals surface area contributed by atoms with Gasteiger partial charge in [-0.25, -0.2) is 8.78 Å². The van der Waals surface area contributed by atoms with Gasteiger partial charge in [-0.05, 0) is 58.8 Å². The Bertz CT molecular complexity index is 573. The molecular formula is C12H9BrClF2NO. The lowest BCUT2D eigenvalue weighted by molar-refractivity contribution is 0.438. The quantitative estimate of drug-likeness (QED) is 0.846. The van der Waals surface area contributed by atoms with Crippen LogP contribution in [0, 0.1) is 11.6 Å². The summed E-state index contributed by atoms with van der Waals surface area (Å²) in [5, 5.41) is 2.97. The molecule has 2 aromatic rings. The Morgan fingerprint density at radius 3 is 2.56 bits per heavy atom. The van der Waals surface area contributed by atoms with Crippen LogP contribution in [0.5, 0.6) is 0 Å². The zero-order valence-corrected chi connectivity index (χ0v) is 11.6. The molecule has 0 aliphatic carbocycles. The van der Waals surface area contributed by atoms with Gasteiger partial charge in [-0.2, -0.15) is 0 Å². The molecule has 1 heterocycles. The summed E-state index contributed by atoms with van der Waals surface area (Å²) in [6.07, 6.45) is 0. The number of benzene rings is 1. The molecule has 0 saturated heterocycles. The Hall–Kier alpha value is -0.910. The van der Waals surface area contributed by atoms with Crippen LogP contribution in [0.4, 0.5) is 8.78 Å². The first-order valence-corrected chi connectivity index (χ1v) is 6.27. The fourth-order valence-corrected chi connectivity index (χ4v) is 2.22. The predicted molar refractivity (Wildman–Crippen MR) is 68.7 cm³/mol. The van der Waals surface area contributed by atoms with E-state index in [1.54, 1.807) is 13.1 Å². The molecule has 1 aromatic heterocycles. The second-order valence-corrected chi connectivity index (χ2v) is 4.85. The van der Waals surface area contributed by atoms with Gasteiger partial charge in [0.05, 0.1) is 10.5 Å². The molecule has 0 bridgehead atoms. The number of halogens is 4. The Morgan fingerprint density at radius 2 is 2.00 bits per heavy atom. The van der Waals surface area contributed by atoms with Gasteiger partial charge >= 0.3 is 0 Å². The smallest absolute Gasteiger partial charge is 0.193 e. The van der Waals surface area contributed by atoms with Crippen molar-refractivity contribution in [3.8, 4) is 0 Å². The number of rotatable bonds is 3. The van der Waals surface area contributed by atoms with Crippen molar-refractivity contribution in [2.75, 3.05) is 7.05 Å². The summed E-state index contributed by atoms with van der Waals surface area (Å²) in [5.41, 5.74) is -0.113. The van der Waals surface area contributed by atoms with E-state index in [4.69, 9.17) is 16.0 Å². The highest BCUT2D eigenvalue weighted by Gasteiger charge is 2.24. The first-order valence-electron chi connectivity index (χ1n) is 5.10. The van der Waals surface area contributed by atoms with Crippen molar-refractivity contribution in [3.05, 3.63) is 56.9 Å². The lowest BCUT2D eigenvalue weighted by Crippen LogP contribution is -2.20. The van der Waals surface area contributed by atoms with Gasteiger partial charge < -0.3 is 9.73 Å². The minimum atomic E-state index is -0.741. The van der Waals surface area contributed by atoms with Gasteiger partial charge in [0.2, 0.25) is 0 Å². The van der Waals surface area contributed by atoms with Crippen molar-refractivity contribution >= 4 is 27.5 Å². The van der Waals surface area contributed by atoms with Crippen LogP contribution in [0.1, 0.15) is 17.4 Å². The average molecular weight is 337 g/mol. The predicted octanol–water partition coefficient (Wildman–Crippen LogP) is 4.28. The van der Waals surface area contributed by atoms with E-state index in [9.17, 15) is 8.78 Å². The first kappa shape index (κ1) is 13.5. The molecule has 0 aliphatic rings. The van der Waals surface area contributed by atoms with E-state index in [2.05, 4.69) is 21.2 Å². The summed E-state index contributed by atoms with van der Waals surface area (Å²) in [4.78, 5) is 0. The van der Waals surface area contributed by atoms with Crippen molar-refractivity contribution < 1.29 is 13.2 Å². The molecule has 2 nitrogen and oxygen atoms in total. The molecule has 0 spiro atoms.